The summed E-state index contributed by atoms with van der Waals surface area (Å²) in [5, 5.41) is 0. The van der Waals surface area contributed by atoms with Crippen LogP contribution in [0, 0.1) is 0 Å². The Hall–Kier alpha value is -2.43. The molecular weight excluding hydrogens is 276 g/mol. The Balaban J connectivity index is 1.87. The fraction of sp³-hybridized carbons (Fsp3) is 0.353. The van der Waals surface area contributed by atoms with Crippen molar-refractivity contribution in [3.05, 3.63) is 54.1 Å². The molecule has 0 bridgehead atoms. The Morgan fingerprint density at radius 1 is 1.32 bits per heavy atom. The first-order valence-electron chi connectivity index (χ1n) is 7.51. The van der Waals surface area contributed by atoms with E-state index in [4.69, 9.17) is 0 Å². The zero-order chi connectivity index (χ0) is 15.5. The predicted molar refractivity (Wildman–Crippen MR) is 85.8 cm³/mol. The fourth-order valence-corrected chi connectivity index (χ4v) is 2.92. The van der Waals surface area contributed by atoms with Gasteiger partial charge >= 0.3 is 0 Å². The number of carbonyl (C=O) groups excluding carboxylic acids is 1. The maximum absolute atomic E-state index is 12.7. The minimum absolute atomic E-state index is 0.0362. The van der Waals surface area contributed by atoms with Crippen molar-refractivity contribution in [1.29, 1.82) is 0 Å². The van der Waals surface area contributed by atoms with Crippen molar-refractivity contribution in [1.82, 2.24) is 14.9 Å². The summed E-state index contributed by atoms with van der Waals surface area (Å²) in [5.41, 5.74) is 2.75. The Morgan fingerprint density at radius 3 is 2.91 bits per heavy atom. The summed E-state index contributed by atoms with van der Waals surface area (Å²) in [7, 11) is 4.05. The zero-order valence-electron chi connectivity index (χ0n) is 12.9. The second kappa shape index (κ2) is 6.13. The Labute approximate surface area is 130 Å². The van der Waals surface area contributed by atoms with E-state index in [1.54, 1.807) is 12.4 Å². The van der Waals surface area contributed by atoms with Crippen molar-refractivity contribution >= 4 is 11.6 Å². The zero-order valence-corrected chi connectivity index (χ0v) is 12.9. The van der Waals surface area contributed by atoms with Gasteiger partial charge < -0.3 is 9.80 Å². The van der Waals surface area contributed by atoms with Crippen LogP contribution in [0.2, 0.25) is 0 Å². The molecule has 1 saturated heterocycles. The molecule has 1 aromatic heterocycles. The number of nitrogens with zero attached hydrogens (tertiary/aromatic N) is 4. The number of hydrogen-bond acceptors (Lipinski definition) is 4. The quantitative estimate of drug-likeness (QED) is 0.873. The molecule has 1 aliphatic rings. The molecule has 0 radical (unpaired) electrons. The number of benzene rings is 1. The van der Waals surface area contributed by atoms with Crippen LogP contribution in [-0.2, 0) is 0 Å². The van der Waals surface area contributed by atoms with Crippen LogP contribution >= 0.6 is 0 Å². The molecular formula is C17H20N4O. The molecule has 0 N–H and O–H groups in total. The van der Waals surface area contributed by atoms with Crippen molar-refractivity contribution in [2.24, 2.45) is 0 Å². The first-order valence-corrected chi connectivity index (χ1v) is 7.51. The predicted octanol–water partition coefficient (Wildman–Crippen LogP) is 2.52. The molecule has 5 heteroatoms. The van der Waals surface area contributed by atoms with Gasteiger partial charge in [0, 0.05) is 38.7 Å². The van der Waals surface area contributed by atoms with Crippen LogP contribution in [0.1, 0.15) is 34.9 Å². The summed E-state index contributed by atoms with van der Waals surface area (Å²) >= 11 is 0. The molecule has 0 spiro atoms. The Kier molecular flexibility index (Phi) is 4.04. The number of likely N-dealkylation sites (tertiary alicyclic amines) is 1. The average molecular weight is 296 g/mol. The second-order valence-electron chi connectivity index (χ2n) is 5.74. The van der Waals surface area contributed by atoms with E-state index < -0.39 is 0 Å². The molecule has 22 heavy (non-hydrogen) atoms. The fourth-order valence-electron chi connectivity index (χ4n) is 2.92. The third-order valence-electron chi connectivity index (χ3n) is 4.07. The molecule has 0 saturated carbocycles. The minimum atomic E-state index is -0.0362. The van der Waals surface area contributed by atoms with Gasteiger partial charge in [0.25, 0.3) is 5.91 Å². The summed E-state index contributed by atoms with van der Waals surface area (Å²) < 4.78 is 0. The van der Waals surface area contributed by atoms with Gasteiger partial charge in [-0.05, 0) is 30.5 Å². The molecule has 0 aliphatic carbocycles. The van der Waals surface area contributed by atoms with E-state index in [0.717, 1.165) is 25.1 Å². The van der Waals surface area contributed by atoms with E-state index in [2.05, 4.69) is 33.1 Å². The summed E-state index contributed by atoms with van der Waals surface area (Å²) in [6.45, 7) is 0.770. The average Bonchev–Trinajstić information content (AvgIpc) is 3.04. The molecule has 3 rings (SSSR count). The standard InChI is InChI=1S/C17H20N4O/c1-20(2)14-6-3-5-13(11-14)16-7-4-10-21(16)17(22)15-12-18-8-9-19-15/h3,5-6,8-9,11-12,16H,4,7,10H2,1-2H3/t16-/m0/s1. The smallest absolute Gasteiger partial charge is 0.274 e. The maximum atomic E-state index is 12.7. The molecule has 1 amide bonds. The highest BCUT2D eigenvalue weighted by Gasteiger charge is 2.31. The van der Waals surface area contributed by atoms with Gasteiger partial charge in [-0.25, -0.2) is 4.98 Å². The van der Waals surface area contributed by atoms with Crippen LogP contribution in [0.5, 0.6) is 0 Å². The van der Waals surface area contributed by atoms with Gasteiger partial charge in [0.1, 0.15) is 5.69 Å². The van der Waals surface area contributed by atoms with E-state index >= 15 is 0 Å². The molecule has 2 aromatic rings. The lowest BCUT2D eigenvalue weighted by molar-refractivity contribution is 0.0729. The van der Waals surface area contributed by atoms with E-state index in [1.807, 2.05) is 25.1 Å². The number of hydrogen-bond donors (Lipinski definition) is 0. The summed E-state index contributed by atoms with van der Waals surface area (Å²) in [6.07, 6.45) is 6.68. The largest absolute Gasteiger partial charge is 0.378 e. The van der Waals surface area contributed by atoms with Crippen LogP contribution < -0.4 is 4.90 Å². The maximum Gasteiger partial charge on any atom is 0.274 e. The first kappa shape index (κ1) is 14.5. The lowest BCUT2D eigenvalue weighted by Crippen LogP contribution is -2.31. The first-order chi connectivity index (χ1) is 10.7. The van der Waals surface area contributed by atoms with Gasteiger partial charge in [0.2, 0.25) is 0 Å². The van der Waals surface area contributed by atoms with Crippen molar-refractivity contribution in [2.75, 3.05) is 25.5 Å². The molecule has 2 heterocycles. The van der Waals surface area contributed by atoms with Gasteiger partial charge in [0.05, 0.1) is 12.2 Å². The van der Waals surface area contributed by atoms with Gasteiger partial charge in [-0.3, -0.25) is 9.78 Å². The lowest BCUT2D eigenvalue weighted by atomic mass is 10.0. The van der Waals surface area contributed by atoms with E-state index in [0.29, 0.717) is 5.69 Å². The molecule has 114 valence electrons. The van der Waals surface area contributed by atoms with Crippen LogP contribution in [0.25, 0.3) is 0 Å². The third-order valence-corrected chi connectivity index (χ3v) is 4.07. The van der Waals surface area contributed by atoms with E-state index in [1.165, 1.54) is 11.8 Å². The number of amides is 1. The van der Waals surface area contributed by atoms with Crippen molar-refractivity contribution in [3.8, 4) is 0 Å². The van der Waals surface area contributed by atoms with E-state index in [9.17, 15) is 4.79 Å². The van der Waals surface area contributed by atoms with Crippen LogP contribution in [0.4, 0.5) is 5.69 Å². The van der Waals surface area contributed by atoms with Crippen molar-refractivity contribution < 1.29 is 4.79 Å². The number of anilines is 1. The molecule has 1 atom stereocenters. The number of aromatic nitrogens is 2. The highest BCUT2D eigenvalue weighted by Crippen LogP contribution is 2.34. The molecule has 1 aromatic carbocycles. The normalized spacial score (nSPS) is 17.5. The second-order valence-corrected chi connectivity index (χ2v) is 5.74. The topological polar surface area (TPSA) is 49.3 Å². The van der Waals surface area contributed by atoms with E-state index in [-0.39, 0.29) is 11.9 Å². The molecule has 5 nitrogen and oxygen atoms in total. The summed E-state index contributed by atoms with van der Waals surface area (Å²) in [4.78, 5) is 24.8. The van der Waals surface area contributed by atoms with Crippen LogP contribution in [0.15, 0.2) is 42.9 Å². The highest BCUT2D eigenvalue weighted by atomic mass is 16.2. The van der Waals surface area contributed by atoms with Gasteiger partial charge in [-0.15, -0.1) is 0 Å². The minimum Gasteiger partial charge on any atom is -0.378 e. The molecule has 1 aliphatic heterocycles. The summed E-state index contributed by atoms with van der Waals surface area (Å²) in [5.74, 6) is -0.0362. The number of rotatable bonds is 3. The summed E-state index contributed by atoms with van der Waals surface area (Å²) in [6, 6.07) is 8.50. The highest BCUT2D eigenvalue weighted by molar-refractivity contribution is 5.92. The molecule has 0 unspecified atom stereocenters. The molecule has 1 fully saturated rings. The van der Waals surface area contributed by atoms with Gasteiger partial charge in [-0.2, -0.15) is 0 Å². The number of carbonyl (C=O) groups is 1. The van der Waals surface area contributed by atoms with Crippen LogP contribution in [-0.4, -0.2) is 41.4 Å². The van der Waals surface area contributed by atoms with Crippen LogP contribution in [0.3, 0.4) is 0 Å². The van der Waals surface area contributed by atoms with Crippen molar-refractivity contribution in [3.63, 3.8) is 0 Å². The monoisotopic (exact) mass is 296 g/mol. The lowest BCUT2D eigenvalue weighted by Gasteiger charge is -2.25. The van der Waals surface area contributed by atoms with Gasteiger partial charge in [0.15, 0.2) is 0 Å². The van der Waals surface area contributed by atoms with Gasteiger partial charge in [-0.1, -0.05) is 12.1 Å². The SMILES string of the molecule is CN(C)c1cccc([C@@H]2CCCN2C(=O)c2cnccn2)c1. The Morgan fingerprint density at radius 2 is 2.18 bits per heavy atom. The third kappa shape index (κ3) is 2.79. The Bertz CT molecular complexity index is 657. The van der Waals surface area contributed by atoms with Crippen molar-refractivity contribution in [2.45, 2.75) is 18.9 Å².